The molecule has 0 aliphatic heterocycles. The first-order valence-corrected chi connectivity index (χ1v) is 11.5. The molecule has 0 amide bonds. The standard InChI is InChI=1S/C27H20BrN3O3/c1-18-6-15-26(25(16-18)31-29-23-4-2-3-5-24(23)30-31)34-27(32)20-9-7-19(8-10-20)17-33-22-13-11-21(28)12-14-22/h2-16H,17H2,1H3. The normalized spacial score (nSPS) is 10.9. The van der Waals surface area contributed by atoms with Crippen LogP contribution >= 0.6 is 15.9 Å². The summed E-state index contributed by atoms with van der Waals surface area (Å²) in [5, 5.41) is 9.05. The Balaban J connectivity index is 1.31. The lowest BCUT2D eigenvalue weighted by Gasteiger charge is -2.11. The molecule has 1 aromatic heterocycles. The summed E-state index contributed by atoms with van der Waals surface area (Å²) in [7, 11) is 0. The van der Waals surface area contributed by atoms with Crippen LogP contribution in [0.25, 0.3) is 16.7 Å². The van der Waals surface area contributed by atoms with Crippen molar-refractivity contribution in [1.29, 1.82) is 0 Å². The van der Waals surface area contributed by atoms with Crippen molar-refractivity contribution in [2.24, 2.45) is 0 Å². The van der Waals surface area contributed by atoms with E-state index in [9.17, 15) is 4.79 Å². The van der Waals surface area contributed by atoms with Crippen LogP contribution in [-0.2, 0) is 6.61 Å². The largest absolute Gasteiger partial charge is 0.489 e. The van der Waals surface area contributed by atoms with Crippen molar-refractivity contribution in [2.75, 3.05) is 0 Å². The molecule has 0 aliphatic rings. The van der Waals surface area contributed by atoms with Gasteiger partial charge in [0, 0.05) is 4.47 Å². The molecule has 5 aromatic rings. The minimum atomic E-state index is -0.456. The molecule has 0 bridgehead atoms. The monoisotopic (exact) mass is 513 g/mol. The lowest BCUT2D eigenvalue weighted by molar-refractivity contribution is 0.0734. The molecule has 7 heteroatoms. The minimum absolute atomic E-state index is 0.388. The van der Waals surface area contributed by atoms with Crippen LogP contribution in [0.1, 0.15) is 21.5 Å². The fourth-order valence-corrected chi connectivity index (χ4v) is 3.70. The summed E-state index contributed by atoms with van der Waals surface area (Å²) in [6.45, 7) is 2.37. The maximum absolute atomic E-state index is 12.9. The van der Waals surface area contributed by atoms with Gasteiger partial charge in [0.2, 0.25) is 0 Å². The third kappa shape index (κ3) is 4.84. The van der Waals surface area contributed by atoms with Crippen LogP contribution < -0.4 is 9.47 Å². The molecule has 34 heavy (non-hydrogen) atoms. The van der Waals surface area contributed by atoms with E-state index in [1.165, 1.54) is 4.80 Å². The number of fused-ring (bicyclic) bond motifs is 1. The van der Waals surface area contributed by atoms with E-state index in [-0.39, 0.29) is 0 Å². The van der Waals surface area contributed by atoms with Gasteiger partial charge in [-0.1, -0.05) is 46.3 Å². The third-order valence-corrected chi connectivity index (χ3v) is 5.76. The first-order valence-electron chi connectivity index (χ1n) is 10.7. The SMILES string of the molecule is Cc1ccc(OC(=O)c2ccc(COc3ccc(Br)cc3)cc2)c(-n2nc3ccccc3n2)c1. The van der Waals surface area contributed by atoms with Gasteiger partial charge in [-0.05, 0) is 78.7 Å². The molecule has 4 aromatic carbocycles. The van der Waals surface area contributed by atoms with Gasteiger partial charge in [0.1, 0.15) is 29.1 Å². The van der Waals surface area contributed by atoms with E-state index in [0.29, 0.717) is 23.6 Å². The van der Waals surface area contributed by atoms with Gasteiger partial charge in [0.15, 0.2) is 5.75 Å². The number of ether oxygens (including phenoxy) is 2. The van der Waals surface area contributed by atoms with Gasteiger partial charge in [0.05, 0.1) is 5.56 Å². The second kappa shape index (κ2) is 9.49. The first-order chi connectivity index (χ1) is 16.5. The molecule has 0 saturated carbocycles. The van der Waals surface area contributed by atoms with Gasteiger partial charge in [-0.2, -0.15) is 0 Å². The highest BCUT2D eigenvalue weighted by Crippen LogP contribution is 2.25. The van der Waals surface area contributed by atoms with E-state index < -0.39 is 5.97 Å². The Hall–Kier alpha value is -3.97. The summed E-state index contributed by atoms with van der Waals surface area (Å²) < 4.78 is 12.5. The molecule has 0 atom stereocenters. The molecule has 0 spiro atoms. The molecule has 1 heterocycles. The molecule has 0 aliphatic carbocycles. The number of hydrogen-bond donors (Lipinski definition) is 0. The molecule has 5 rings (SSSR count). The molecule has 0 radical (unpaired) electrons. The van der Waals surface area contributed by atoms with Gasteiger partial charge in [-0.3, -0.25) is 0 Å². The van der Waals surface area contributed by atoms with Crippen molar-refractivity contribution in [3.05, 3.63) is 112 Å². The van der Waals surface area contributed by atoms with Crippen LogP contribution in [0.4, 0.5) is 0 Å². The topological polar surface area (TPSA) is 66.2 Å². The summed E-state index contributed by atoms with van der Waals surface area (Å²) in [5.74, 6) is 0.708. The Labute approximate surface area is 204 Å². The van der Waals surface area contributed by atoms with Crippen LogP contribution in [0.5, 0.6) is 11.5 Å². The lowest BCUT2D eigenvalue weighted by atomic mass is 10.1. The number of carbonyl (C=O) groups excluding carboxylic acids is 1. The second-order valence-electron chi connectivity index (χ2n) is 7.78. The molecular formula is C27H20BrN3O3. The van der Waals surface area contributed by atoms with Gasteiger partial charge >= 0.3 is 5.97 Å². The molecule has 0 fully saturated rings. The number of benzene rings is 4. The van der Waals surface area contributed by atoms with Gasteiger partial charge < -0.3 is 9.47 Å². The third-order valence-electron chi connectivity index (χ3n) is 5.23. The number of aryl methyl sites for hydroxylation is 1. The van der Waals surface area contributed by atoms with Gasteiger partial charge in [0.25, 0.3) is 0 Å². The zero-order valence-corrected chi connectivity index (χ0v) is 19.9. The average molecular weight is 514 g/mol. The molecule has 0 unspecified atom stereocenters. The number of halogens is 1. The summed E-state index contributed by atoms with van der Waals surface area (Å²) in [5.41, 5.74) is 4.53. The van der Waals surface area contributed by atoms with Crippen LogP contribution in [0.15, 0.2) is 95.5 Å². The molecule has 6 nitrogen and oxygen atoms in total. The maximum Gasteiger partial charge on any atom is 0.343 e. The van der Waals surface area contributed by atoms with E-state index in [1.807, 2.05) is 79.7 Å². The van der Waals surface area contributed by atoms with Crippen molar-refractivity contribution < 1.29 is 14.3 Å². The smallest absolute Gasteiger partial charge is 0.343 e. The van der Waals surface area contributed by atoms with Crippen LogP contribution in [0, 0.1) is 6.92 Å². The van der Waals surface area contributed by atoms with Crippen molar-refractivity contribution in [2.45, 2.75) is 13.5 Å². The Morgan fingerprint density at radius 1 is 0.882 bits per heavy atom. The summed E-state index contributed by atoms with van der Waals surface area (Å²) in [6, 6.07) is 28.0. The number of nitrogens with zero attached hydrogens (tertiary/aromatic N) is 3. The molecule has 168 valence electrons. The fraction of sp³-hybridized carbons (Fsp3) is 0.0741. The minimum Gasteiger partial charge on any atom is -0.489 e. The summed E-state index contributed by atoms with van der Waals surface area (Å²) in [6.07, 6.45) is 0. The highest BCUT2D eigenvalue weighted by molar-refractivity contribution is 9.10. The quantitative estimate of drug-likeness (QED) is 0.197. The molecule has 0 saturated heterocycles. The Bertz CT molecular complexity index is 1430. The van der Waals surface area contributed by atoms with Crippen molar-refractivity contribution >= 4 is 32.9 Å². The zero-order valence-electron chi connectivity index (χ0n) is 18.3. The van der Waals surface area contributed by atoms with Crippen LogP contribution in [-0.4, -0.2) is 21.0 Å². The van der Waals surface area contributed by atoms with Crippen molar-refractivity contribution in [3.63, 3.8) is 0 Å². The van der Waals surface area contributed by atoms with Gasteiger partial charge in [-0.15, -0.1) is 15.0 Å². The number of rotatable bonds is 6. The Kier molecular flexibility index (Phi) is 6.10. The highest BCUT2D eigenvalue weighted by Gasteiger charge is 2.15. The summed E-state index contributed by atoms with van der Waals surface area (Å²) in [4.78, 5) is 14.4. The van der Waals surface area contributed by atoms with E-state index >= 15 is 0 Å². The number of aromatic nitrogens is 3. The number of carbonyl (C=O) groups is 1. The number of hydrogen-bond acceptors (Lipinski definition) is 5. The predicted molar refractivity (Wildman–Crippen MR) is 133 cm³/mol. The van der Waals surface area contributed by atoms with Crippen molar-refractivity contribution in [1.82, 2.24) is 15.0 Å². The molecular weight excluding hydrogens is 494 g/mol. The van der Waals surface area contributed by atoms with E-state index in [1.54, 1.807) is 18.2 Å². The first kappa shape index (κ1) is 21.9. The molecule has 0 N–H and O–H groups in total. The second-order valence-corrected chi connectivity index (χ2v) is 8.69. The van der Waals surface area contributed by atoms with Crippen LogP contribution in [0.3, 0.4) is 0 Å². The highest BCUT2D eigenvalue weighted by atomic mass is 79.9. The lowest BCUT2D eigenvalue weighted by Crippen LogP contribution is -2.11. The van der Waals surface area contributed by atoms with E-state index in [2.05, 4.69) is 26.1 Å². The van der Waals surface area contributed by atoms with Crippen molar-refractivity contribution in [3.8, 4) is 17.2 Å². The van der Waals surface area contributed by atoms with Crippen LogP contribution in [0.2, 0.25) is 0 Å². The van der Waals surface area contributed by atoms with E-state index in [0.717, 1.165) is 32.4 Å². The fourth-order valence-electron chi connectivity index (χ4n) is 3.43. The zero-order chi connectivity index (χ0) is 23.5. The Morgan fingerprint density at radius 2 is 1.56 bits per heavy atom. The predicted octanol–water partition coefficient (Wildman–Crippen LogP) is 6.29. The Morgan fingerprint density at radius 3 is 2.24 bits per heavy atom. The number of esters is 1. The maximum atomic E-state index is 12.9. The average Bonchev–Trinajstić information content (AvgIpc) is 3.29. The van der Waals surface area contributed by atoms with E-state index in [4.69, 9.17) is 9.47 Å². The summed E-state index contributed by atoms with van der Waals surface area (Å²) >= 11 is 3.41. The van der Waals surface area contributed by atoms with Gasteiger partial charge in [-0.25, -0.2) is 4.79 Å².